The molecule has 3 aromatic rings. The predicted octanol–water partition coefficient (Wildman–Crippen LogP) is 3.76. The lowest BCUT2D eigenvalue weighted by Crippen LogP contribution is -1.98. The molecule has 0 N–H and O–H groups in total. The van der Waals surface area contributed by atoms with E-state index in [0.29, 0.717) is 23.0 Å². The number of hydrogen-bond donors (Lipinski definition) is 0. The Balaban J connectivity index is 1.69. The Morgan fingerprint density at radius 1 is 1.14 bits per heavy atom. The summed E-state index contributed by atoms with van der Waals surface area (Å²) in [6, 6.07) is 14.1. The molecule has 3 rings (SSSR count). The number of rotatable bonds is 4. The van der Waals surface area contributed by atoms with Crippen LogP contribution in [0.3, 0.4) is 0 Å². The average Bonchev–Trinajstić information content (AvgIpc) is 2.98. The van der Waals surface area contributed by atoms with Gasteiger partial charge in [0.2, 0.25) is 5.82 Å². The van der Waals surface area contributed by atoms with Crippen molar-refractivity contribution in [1.29, 1.82) is 0 Å². The van der Waals surface area contributed by atoms with Crippen LogP contribution in [0.25, 0.3) is 11.5 Å². The Kier molecular flexibility index (Phi) is 3.64. The summed E-state index contributed by atoms with van der Waals surface area (Å²) < 4.78 is 23.9. The SMILES string of the molecule is Cc1cc(OCc2noc(-c3ccccc3)n2)ccc1F. The first-order valence-corrected chi connectivity index (χ1v) is 6.49. The van der Waals surface area contributed by atoms with Crippen molar-refractivity contribution in [3.05, 3.63) is 65.7 Å². The summed E-state index contributed by atoms with van der Waals surface area (Å²) in [7, 11) is 0. The average molecular weight is 284 g/mol. The summed E-state index contributed by atoms with van der Waals surface area (Å²) in [6.07, 6.45) is 0. The second-order valence-electron chi connectivity index (χ2n) is 4.58. The van der Waals surface area contributed by atoms with Crippen LogP contribution < -0.4 is 4.74 Å². The van der Waals surface area contributed by atoms with Gasteiger partial charge in [0.25, 0.3) is 5.89 Å². The van der Waals surface area contributed by atoms with Gasteiger partial charge in [-0.3, -0.25) is 0 Å². The maximum atomic E-state index is 13.2. The van der Waals surface area contributed by atoms with Gasteiger partial charge in [0.1, 0.15) is 11.6 Å². The molecule has 0 radical (unpaired) electrons. The molecule has 0 bridgehead atoms. The van der Waals surface area contributed by atoms with E-state index in [4.69, 9.17) is 9.26 Å². The monoisotopic (exact) mass is 284 g/mol. The largest absolute Gasteiger partial charge is 0.485 e. The van der Waals surface area contributed by atoms with Crippen molar-refractivity contribution in [3.8, 4) is 17.2 Å². The highest BCUT2D eigenvalue weighted by Gasteiger charge is 2.09. The first kappa shape index (κ1) is 13.3. The third-order valence-corrected chi connectivity index (χ3v) is 2.99. The van der Waals surface area contributed by atoms with Crippen LogP contribution in [0.15, 0.2) is 53.1 Å². The number of benzene rings is 2. The van der Waals surface area contributed by atoms with Gasteiger partial charge in [-0.15, -0.1) is 0 Å². The minimum absolute atomic E-state index is 0.168. The lowest BCUT2D eigenvalue weighted by atomic mass is 10.2. The van der Waals surface area contributed by atoms with Crippen molar-refractivity contribution < 1.29 is 13.7 Å². The third-order valence-electron chi connectivity index (χ3n) is 2.99. The molecule has 0 aliphatic heterocycles. The highest BCUT2D eigenvalue weighted by Crippen LogP contribution is 2.19. The zero-order chi connectivity index (χ0) is 14.7. The predicted molar refractivity (Wildman–Crippen MR) is 75.2 cm³/mol. The van der Waals surface area contributed by atoms with E-state index in [0.717, 1.165) is 5.56 Å². The molecule has 0 spiro atoms. The zero-order valence-electron chi connectivity index (χ0n) is 11.4. The number of hydrogen-bond acceptors (Lipinski definition) is 4. The molecule has 0 aliphatic carbocycles. The Hall–Kier alpha value is -2.69. The fraction of sp³-hybridized carbons (Fsp3) is 0.125. The van der Waals surface area contributed by atoms with E-state index in [1.165, 1.54) is 6.07 Å². The molecule has 0 saturated heterocycles. The second kappa shape index (κ2) is 5.75. The molecule has 0 saturated carbocycles. The van der Waals surface area contributed by atoms with Crippen molar-refractivity contribution in [3.63, 3.8) is 0 Å². The zero-order valence-corrected chi connectivity index (χ0v) is 11.4. The van der Waals surface area contributed by atoms with Gasteiger partial charge < -0.3 is 9.26 Å². The maximum Gasteiger partial charge on any atom is 0.258 e. The van der Waals surface area contributed by atoms with Crippen LogP contribution in [0.5, 0.6) is 5.75 Å². The summed E-state index contributed by atoms with van der Waals surface area (Å²) in [5, 5.41) is 3.86. The topological polar surface area (TPSA) is 48.2 Å². The second-order valence-corrected chi connectivity index (χ2v) is 4.58. The Morgan fingerprint density at radius 2 is 1.95 bits per heavy atom. The van der Waals surface area contributed by atoms with Crippen LogP contribution in [0.2, 0.25) is 0 Å². The third kappa shape index (κ3) is 3.08. The number of aromatic nitrogens is 2. The van der Waals surface area contributed by atoms with E-state index >= 15 is 0 Å². The number of nitrogens with zero attached hydrogens (tertiary/aromatic N) is 2. The molecule has 4 nitrogen and oxygen atoms in total. The van der Waals surface area contributed by atoms with E-state index < -0.39 is 0 Å². The standard InChI is InChI=1S/C16H13FN2O2/c1-11-9-13(7-8-14(11)17)20-10-15-18-16(21-19-15)12-5-3-2-4-6-12/h2-9H,10H2,1H3. The molecular formula is C16H13FN2O2. The first-order valence-electron chi connectivity index (χ1n) is 6.49. The number of ether oxygens (including phenoxy) is 1. The molecule has 1 heterocycles. The van der Waals surface area contributed by atoms with Crippen LogP contribution in [0, 0.1) is 12.7 Å². The van der Waals surface area contributed by atoms with E-state index in [9.17, 15) is 4.39 Å². The summed E-state index contributed by atoms with van der Waals surface area (Å²) in [5.41, 5.74) is 1.39. The first-order chi connectivity index (χ1) is 10.2. The van der Waals surface area contributed by atoms with Gasteiger partial charge in [-0.05, 0) is 42.8 Å². The molecule has 0 fully saturated rings. The minimum atomic E-state index is -0.256. The van der Waals surface area contributed by atoms with Crippen molar-refractivity contribution in [2.24, 2.45) is 0 Å². The molecular weight excluding hydrogens is 271 g/mol. The van der Waals surface area contributed by atoms with E-state index in [1.54, 1.807) is 19.1 Å². The molecule has 0 aliphatic rings. The summed E-state index contributed by atoms with van der Waals surface area (Å²) >= 11 is 0. The van der Waals surface area contributed by atoms with Crippen LogP contribution in [0.1, 0.15) is 11.4 Å². The molecule has 0 atom stereocenters. The van der Waals surface area contributed by atoms with Gasteiger partial charge in [-0.2, -0.15) is 4.98 Å². The molecule has 1 aromatic heterocycles. The molecule has 2 aromatic carbocycles. The normalized spacial score (nSPS) is 10.6. The molecule has 0 unspecified atom stereocenters. The van der Waals surface area contributed by atoms with Crippen molar-refractivity contribution in [2.45, 2.75) is 13.5 Å². The maximum absolute atomic E-state index is 13.2. The smallest absolute Gasteiger partial charge is 0.258 e. The summed E-state index contributed by atoms with van der Waals surface area (Å²) in [5.74, 6) is 1.20. The van der Waals surface area contributed by atoms with Gasteiger partial charge in [0.15, 0.2) is 6.61 Å². The highest BCUT2D eigenvalue weighted by atomic mass is 19.1. The molecule has 21 heavy (non-hydrogen) atoms. The van der Waals surface area contributed by atoms with Crippen molar-refractivity contribution in [1.82, 2.24) is 10.1 Å². The van der Waals surface area contributed by atoms with Crippen molar-refractivity contribution in [2.75, 3.05) is 0 Å². The van der Waals surface area contributed by atoms with E-state index in [2.05, 4.69) is 10.1 Å². The van der Waals surface area contributed by atoms with Gasteiger partial charge >= 0.3 is 0 Å². The van der Waals surface area contributed by atoms with E-state index in [-0.39, 0.29) is 12.4 Å². The molecule has 106 valence electrons. The van der Waals surface area contributed by atoms with E-state index in [1.807, 2.05) is 30.3 Å². The van der Waals surface area contributed by atoms with Gasteiger partial charge in [0.05, 0.1) is 0 Å². The summed E-state index contributed by atoms with van der Waals surface area (Å²) in [4.78, 5) is 4.26. The Morgan fingerprint density at radius 3 is 2.71 bits per heavy atom. The van der Waals surface area contributed by atoms with Crippen LogP contribution in [-0.4, -0.2) is 10.1 Å². The Bertz CT molecular complexity index is 741. The lowest BCUT2D eigenvalue weighted by molar-refractivity contribution is 0.286. The molecule has 0 amide bonds. The van der Waals surface area contributed by atoms with Gasteiger partial charge in [0, 0.05) is 5.56 Å². The lowest BCUT2D eigenvalue weighted by Gasteiger charge is -2.04. The summed E-state index contributed by atoms with van der Waals surface area (Å²) in [6.45, 7) is 1.85. The Labute approximate surface area is 121 Å². The van der Waals surface area contributed by atoms with Crippen LogP contribution in [0.4, 0.5) is 4.39 Å². The minimum Gasteiger partial charge on any atom is -0.485 e. The van der Waals surface area contributed by atoms with Gasteiger partial charge in [-0.25, -0.2) is 4.39 Å². The van der Waals surface area contributed by atoms with Crippen LogP contribution in [-0.2, 0) is 6.61 Å². The number of aryl methyl sites for hydroxylation is 1. The number of halogens is 1. The van der Waals surface area contributed by atoms with Gasteiger partial charge in [-0.1, -0.05) is 23.4 Å². The quantitative estimate of drug-likeness (QED) is 0.732. The molecule has 5 heteroatoms. The fourth-order valence-electron chi connectivity index (χ4n) is 1.87. The van der Waals surface area contributed by atoms with Crippen LogP contribution >= 0.6 is 0 Å². The van der Waals surface area contributed by atoms with Crippen molar-refractivity contribution >= 4 is 0 Å². The highest BCUT2D eigenvalue weighted by molar-refractivity contribution is 5.51. The fourth-order valence-corrected chi connectivity index (χ4v) is 1.87.